The Labute approximate surface area is 176 Å². The van der Waals surface area contributed by atoms with Gasteiger partial charge in [0.05, 0.1) is 0 Å². The standard InChI is InChI=1S/C23H19F4NO3/c1-3-14-11-20(31-30-13(2)29)22(27)23(21(14)26)28-12-17-9-16(7-8-19(17)25)15-5-4-6-18(24)10-15/h4-11,28H,3,12H2,1-2H3. The maximum Gasteiger partial charge on any atom is 0.352 e. The minimum absolute atomic E-state index is 0.111. The van der Waals surface area contributed by atoms with E-state index in [1.165, 1.54) is 36.4 Å². The molecule has 0 fully saturated rings. The summed E-state index contributed by atoms with van der Waals surface area (Å²) in [5.74, 6) is -4.33. The Bertz CT molecular complexity index is 1120. The zero-order chi connectivity index (χ0) is 22.5. The predicted octanol–water partition coefficient (Wildman–Crippen LogP) is 5.94. The second-order valence-corrected chi connectivity index (χ2v) is 6.72. The number of carbonyl (C=O) groups is 1. The highest BCUT2D eigenvalue weighted by molar-refractivity contribution is 5.66. The third kappa shape index (κ3) is 5.14. The third-order valence-electron chi connectivity index (χ3n) is 4.53. The van der Waals surface area contributed by atoms with E-state index in [0.717, 1.165) is 13.0 Å². The molecule has 3 aromatic rings. The highest BCUT2D eigenvalue weighted by Gasteiger charge is 2.21. The minimum Gasteiger partial charge on any atom is -0.376 e. The predicted molar refractivity (Wildman–Crippen MR) is 107 cm³/mol. The summed E-state index contributed by atoms with van der Waals surface area (Å²) >= 11 is 0. The largest absolute Gasteiger partial charge is 0.376 e. The first-order valence-electron chi connectivity index (χ1n) is 9.44. The van der Waals surface area contributed by atoms with Crippen molar-refractivity contribution in [1.82, 2.24) is 0 Å². The topological polar surface area (TPSA) is 47.6 Å². The molecule has 0 bridgehead atoms. The zero-order valence-electron chi connectivity index (χ0n) is 16.8. The lowest BCUT2D eigenvalue weighted by molar-refractivity contribution is -0.211. The molecule has 3 rings (SSSR count). The monoisotopic (exact) mass is 433 g/mol. The number of nitrogens with one attached hydrogen (secondary N) is 1. The minimum atomic E-state index is -1.13. The molecule has 0 aliphatic heterocycles. The first-order chi connectivity index (χ1) is 14.8. The van der Waals surface area contributed by atoms with Gasteiger partial charge in [0, 0.05) is 19.0 Å². The quantitative estimate of drug-likeness (QED) is 0.285. The van der Waals surface area contributed by atoms with Crippen LogP contribution in [0.3, 0.4) is 0 Å². The molecule has 3 aromatic carbocycles. The molecule has 0 heterocycles. The van der Waals surface area contributed by atoms with E-state index in [1.807, 2.05) is 0 Å². The molecule has 0 atom stereocenters. The van der Waals surface area contributed by atoms with Crippen LogP contribution in [0.1, 0.15) is 25.0 Å². The Morgan fingerprint density at radius 1 is 0.935 bits per heavy atom. The molecule has 0 aliphatic rings. The molecular formula is C23H19F4NO3. The second kappa shape index (κ2) is 9.51. The van der Waals surface area contributed by atoms with E-state index >= 15 is 0 Å². The molecule has 0 saturated heterocycles. The van der Waals surface area contributed by atoms with Crippen LogP contribution in [0, 0.1) is 23.3 Å². The molecule has 4 nitrogen and oxygen atoms in total. The normalized spacial score (nSPS) is 10.6. The van der Waals surface area contributed by atoms with Crippen molar-refractivity contribution >= 4 is 11.7 Å². The lowest BCUT2D eigenvalue weighted by atomic mass is 10.0. The highest BCUT2D eigenvalue weighted by Crippen LogP contribution is 2.32. The van der Waals surface area contributed by atoms with Gasteiger partial charge >= 0.3 is 5.97 Å². The van der Waals surface area contributed by atoms with Crippen LogP contribution in [0.25, 0.3) is 11.1 Å². The van der Waals surface area contributed by atoms with Crippen LogP contribution in [-0.2, 0) is 22.6 Å². The summed E-state index contributed by atoms with van der Waals surface area (Å²) in [6.07, 6.45) is 0.209. The average Bonchev–Trinajstić information content (AvgIpc) is 2.74. The molecule has 0 aromatic heterocycles. The summed E-state index contributed by atoms with van der Waals surface area (Å²) < 4.78 is 57.3. The van der Waals surface area contributed by atoms with Crippen molar-refractivity contribution in [3.8, 4) is 16.9 Å². The van der Waals surface area contributed by atoms with Gasteiger partial charge in [0.2, 0.25) is 5.75 Å². The average molecular weight is 433 g/mol. The summed E-state index contributed by atoms with van der Waals surface area (Å²) in [6, 6.07) is 11.0. The van der Waals surface area contributed by atoms with Gasteiger partial charge in [-0.3, -0.25) is 9.78 Å². The van der Waals surface area contributed by atoms with Crippen LogP contribution in [0.5, 0.6) is 5.75 Å². The van der Waals surface area contributed by atoms with Gasteiger partial charge < -0.3 is 5.32 Å². The van der Waals surface area contributed by atoms with Crippen LogP contribution >= 0.6 is 0 Å². The van der Waals surface area contributed by atoms with E-state index in [2.05, 4.69) is 15.1 Å². The van der Waals surface area contributed by atoms with Crippen LogP contribution in [0.15, 0.2) is 48.5 Å². The van der Waals surface area contributed by atoms with E-state index < -0.39 is 40.7 Å². The Morgan fingerprint density at radius 3 is 2.35 bits per heavy atom. The summed E-state index contributed by atoms with van der Waals surface area (Å²) in [6.45, 7) is 2.45. The van der Waals surface area contributed by atoms with E-state index in [4.69, 9.17) is 0 Å². The number of hydrogen-bond acceptors (Lipinski definition) is 4. The van der Waals surface area contributed by atoms with Crippen molar-refractivity contribution in [2.75, 3.05) is 5.32 Å². The molecule has 0 unspecified atom stereocenters. The van der Waals surface area contributed by atoms with Gasteiger partial charge in [-0.25, -0.2) is 22.4 Å². The number of carbonyl (C=O) groups excluding carboxylic acids is 1. The molecule has 1 N–H and O–H groups in total. The van der Waals surface area contributed by atoms with Gasteiger partial charge in [0.15, 0.2) is 11.6 Å². The molecule has 8 heteroatoms. The Balaban J connectivity index is 1.90. The van der Waals surface area contributed by atoms with Gasteiger partial charge in [0.1, 0.15) is 17.3 Å². The van der Waals surface area contributed by atoms with Gasteiger partial charge in [-0.2, -0.15) is 0 Å². The van der Waals surface area contributed by atoms with Gasteiger partial charge in [-0.1, -0.05) is 25.1 Å². The van der Waals surface area contributed by atoms with E-state index in [-0.39, 0.29) is 24.1 Å². The van der Waals surface area contributed by atoms with Crippen molar-refractivity contribution in [3.05, 3.63) is 82.9 Å². The number of rotatable bonds is 7. The maximum atomic E-state index is 14.7. The van der Waals surface area contributed by atoms with Gasteiger partial charge in [-0.15, -0.1) is 0 Å². The third-order valence-corrected chi connectivity index (χ3v) is 4.53. The number of anilines is 1. The fraction of sp³-hybridized carbons (Fsp3) is 0.174. The molecule has 31 heavy (non-hydrogen) atoms. The van der Waals surface area contributed by atoms with Gasteiger partial charge in [-0.05, 0) is 53.4 Å². The maximum absolute atomic E-state index is 14.7. The van der Waals surface area contributed by atoms with E-state index in [1.54, 1.807) is 13.0 Å². The van der Waals surface area contributed by atoms with Crippen molar-refractivity contribution in [2.24, 2.45) is 0 Å². The molecule has 0 saturated carbocycles. The first-order valence-corrected chi connectivity index (χ1v) is 9.44. The van der Waals surface area contributed by atoms with Crippen LogP contribution in [0.4, 0.5) is 23.2 Å². The van der Waals surface area contributed by atoms with Crippen molar-refractivity contribution < 1.29 is 32.1 Å². The number of aryl methyl sites for hydroxylation is 1. The summed E-state index contributed by atoms with van der Waals surface area (Å²) in [5.41, 5.74) is 0.755. The number of benzene rings is 3. The number of hydrogen-bond donors (Lipinski definition) is 1. The smallest absolute Gasteiger partial charge is 0.352 e. The van der Waals surface area contributed by atoms with Crippen molar-refractivity contribution in [3.63, 3.8) is 0 Å². The first kappa shape index (κ1) is 22.1. The lowest BCUT2D eigenvalue weighted by Crippen LogP contribution is -2.10. The van der Waals surface area contributed by atoms with Crippen molar-refractivity contribution in [1.29, 1.82) is 0 Å². The fourth-order valence-electron chi connectivity index (χ4n) is 2.98. The van der Waals surface area contributed by atoms with E-state index in [9.17, 15) is 22.4 Å². The highest BCUT2D eigenvalue weighted by atomic mass is 19.1. The summed E-state index contributed by atoms with van der Waals surface area (Å²) in [4.78, 5) is 19.9. The van der Waals surface area contributed by atoms with Crippen LogP contribution < -0.4 is 10.2 Å². The van der Waals surface area contributed by atoms with E-state index in [0.29, 0.717) is 11.1 Å². The van der Waals surface area contributed by atoms with Crippen LogP contribution in [0.2, 0.25) is 0 Å². The fourth-order valence-corrected chi connectivity index (χ4v) is 2.98. The Hall–Kier alpha value is -3.55. The lowest BCUT2D eigenvalue weighted by Gasteiger charge is -2.15. The zero-order valence-corrected chi connectivity index (χ0v) is 16.8. The van der Waals surface area contributed by atoms with Gasteiger partial charge in [0.25, 0.3) is 0 Å². The Morgan fingerprint density at radius 2 is 1.68 bits per heavy atom. The molecule has 0 spiro atoms. The second-order valence-electron chi connectivity index (χ2n) is 6.72. The summed E-state index contributed by atoms with van der Waals surface area (Å²) in [7, 11) is 0. The molecule has 0 radical (unpaired) electrons. The molecule has 0 aliphatic carbocycles. The molecule has 162 valence electrons. The number of halogens is 4. The van der Waals surface area contributed by atoms with Crippen molar-refractivity contribution in [2.45, 2.75) is 26.8 Å². The van der Waals surface area contributed by atoms with Crippen LogP contribution in [-0.4, -0.2) is 5.97 Å². The Kier molecular flexibility index (Phi) is 6.79. The molecule has 0 amide bonds. The summed E-state index contributed by atoms with van der Waals surface area (Å²) in [5, 5.41) is 2.55. The SMILES string of the molecule is CCc1cc(OOC(C)=O)c(F)c(NCc2cc(-c3cccc(F)c3)ccc2F)c1F. The molecular weight excluding hydrogens is 414 g/mol.